The van der Waals surface area contributed by atoms with Crippen molar-refractivity contribution in [1.82, 2.24) is 5.32 Å². The molecule has 0 radical (unpaired) electrons. The monoisotopic (exact) mass is 430 g/mol. The average Bonchev–Trinajstić information content (AvgIpc) is 2.47. The molecule has 21 heavy (non-hydrogen) atoms. The van der Waals surface area contributed by atoms with Crippen molar-refractivity contribution in [3.8, 4) is 0 Å². The summed E-state index contributed by atoms with van der Waals surface area (Å²) in [5, 5.41) is 3.41. The molecule has 3 nitrogen and oxygen atoms in total. The van der Waals surface area contributed by atoms with Crippen molar-refractivity contribution in [2.24, 2.45) is 5.73 Å². The van der Waals surface area contributed by atoms with Gasteiger partial charge in [-0.3, -0.25) is 4.79 Å². The van der Waals surface area contributed by atoms with Gasteiger partial charge in [-0.05, 0) is 46.4 Å². The number of amides is 1. The zero-order valence-electron chi connectivity index (χ0n) is 10.9. The lowest BCUT2D eigenvalue weighted by molar-refractivity contribution is 0.0950. The van der Waals surface area contributed by atoms with E-state index in [1.807, 2.05) is 30.3 Å². The number of hydrogen-bond acceptors (Lipinski definition) is 2. The van der Waals surface area contributed by atoms with Crippen LogP contribution in [-0.4, -0.2) is 10.9 Å². The number of hydrogen-bond donors (Lipinski definition) is 2. The summed E-state index contributed by atoms with van der Waals surface area (Å²) < 4.78 is 0.860. The fourth-order valence-corrected chi connectivity index (χ4v) is 2.62. The maximum absolute atomic E-state index is 12.2. The molecule has 0 aliphatic heterocycles. The van der Waals surface area contributed by atoms with Crippen LogP contribution in [0.2, 0.25) is 5.02 Å². The number of nitrogens with two attached hydrogens (primary N) is 1. The van der Waals surface area contributed by atoms with Crippen LogP contribution >= 0.6 is 46.4 Å². The number of benzene rings is 2. The van der Waals surface area contributed by atoms with Gasteiger partial charge < -0.3 is 11.1 Å². The first-order valence-electron chi connectivity index (χ1n) is 6.09. The topological polar surface area (TPSA) is 55.1 Å². The van der Waals surface area contributed by atoms with E-state index in [4.69, 9.17) is 29.6 Å². The van der Waals surface area contributed by atoms with Gasteiger partial charge in [-0.25, -0.2) is 0 Å². The van der Waals surface area contributed by atoms with E-state index in [0.29, 0.717) is 22.1 Å². The number of carbonyl (C=O) groups is 1. The van der Waals surface area contributed by atoms with Crippen LogP contribution in [0.1, 0.15) is 21.5 Å². The van der Waals surface area contributed by atoms with Crippen molar-refractivity contribution < 1.29 is 4.79 Å². The molecule has 0 bridgehead atoms. The molecule has 0 aliphatic carbocycles. The van der Waals surface area contributed by atoms with Gasteiger partial charge in [0, 0.05) is 20.7 Å². The predicted octanol–water partition coefficient (Wildman–Crippen LogP) is 3.51. The smallest absolute Gasteiger partial charge is 0.252 e. The highest BCUT2D eigenvalue weighted by molar-refractivity contribution is 14.1. The van der Waals surface area contributed by atoms with E-state index in [1.165, 1.54) is 0 Å². The summed E-state index contributed by atoms with van der Waals surface area (Å²) in [6, 6.07) is 12.7. The zero-order chi connectivity index (χ0) is 15.4. The Morgan fingerprint density at radius 3 is 2.52 bits per heavy atom. The molecule has 2 aromatic rings. The van der Waals surface area contributed by atoms with Gasteiger partial charge in [-0.15, -0.1) is 0 Å². The molecule has 0 aliphatic rings. The van der Waals surface area contributed by atoms with Gasteiger partial charge in [0.25, 0.3) is 5.91 Å². The van der Waals surface area contributed by atoms with Crippen LogP contribution in [-0.2, 0) is 6.54 Å². The highest BCUT2D eigenvalue weighted by Crippen LogP contribution is 2.18. The van der Waals surface area contributed by atoms with Crippen molar-refractivity contribution in [3.63, 3.8) is 0 Å². The molecule has 6 heteroatoms. The van der Waals surface area contributed by atoms with Crippen molar-refractivity contribution in [1.29, 1.82) is 0 Å². The molecule has 0 atom stereocenters. The molecule has 0 fully saturated rings. The Kier molecular flexibility index (Phi) is 5.55. The molecule has 3 N–H and O–H groups in total. The molecule has 108 valence electrons. The molecule has 2 rings (SSSR count). The first kappa shape index (κ1) is 16.2. The van der Waals surface area contributed by atoms with Crippen LogP contribution < -0.4 is 11.1 Å². The Morgan fingerprint density at radius 1 is 1.24 bits per heavy atom. The van der Waals surface area contributed by atoms with Crippen molar-refractivity contribution >= 4 is 57.3 Å². The van der Waals surface area contributed by atoms with Gasteiger partial charge in [-0.1, -0.05) is 48.1 Å². The van der Waals surface area contributed by atoms with Crippen LogP contribution in [0.5, 0.6) is 0 Å². The van der Waals surface area contributed by atoms with Gasteiger partial charge in [-0.2, -0.15) is 0 Å². The Bertz CT molecular complexity index is 689. The van der Waals surface area contributed by atoms with E-state index in [1.54, 1.807) is 12.1 Å². The Labute approximate surface area is 147 Å². The minimum Gasteiger partial charge on any atom is -0.389 e. The normalized spacial score (nSPS) is 10.2. The highest BCUT2D eigenvalue weighted by Gasteiger charge is 2.10. The number of nitrogens with one attached hydrogen (secondary N) is 1. The summed E-state index contributed by atoms with van der Waals surface area (Å²) in [4.78, 5) is 12.5. The molecule has 0 unspecified atom stereocenters. The van der Waals surface area contributed by atoms with Crippen LogP contribution in [0.3, 0.4) is 0 Å². The van der Waals surface area contributed by atoms with E-state index >= 15 is 0 Å². The van der Waals surface area contributed by atoms with Crippen molar-refractivity contribution in [2.45, 2.75) is 6.54 Å². The van der Waals surface area contributed by atoms with Gasteiger partial charge in [0.1, 0.15) is 4.99 Å². The third kappa shape index (κ3) is 4.39. The van der Waals surface area contributed by atoms with Crippen LogP contribution in [0.25, 0.3) is 0 Å². The van der Waals surface area contributed by atoms with E-state index in [9.17, 15) is 4.79 Å². The van der Waals surface area contributed by atoms with Crippen molar-refractivity contribution in [3.05, 3.63) is 67.7 Å². The fraction of sp³-hybridized carbons (Fsp3) is 0.0667. The Balaban J connectivity index is 2.04. The predicted molar refractivity (Wildman–Crippen MR) is 97.7 cm³/mol. The molecular weight excluding hydrogens is 419 g/mol. The maximum atomic E-state index is 12.2. The lowest BCUT2D eigenvalue weighted by Crippen LogP contribution is -2.23. The first-order chi connectivity index (χ1) is 9.97. The van der Waals surface area contributed by atoms with Crippen molar-refractivity contribution in [2.75, 3.05) is 0 Å². The second-order valence-electron chi connectivity index (χ2n) is 4.37. The fourth-order valence-electron chi connectivity index (χ4n) is 1.74. The Hall–Kier alpha value is -1.18. The van der Waals surface area contributed by atoms with Gasteiger partial charge >= 0.3 is 0 Å². The number of rotatable bonds is 4. The minimum atomic E-state index is -0.152. The molecule has 0 saturated carbocycles. The van der Waals surface area contributed by atoms with E-state index in [0.717, 1.165) is 14.7 Å². The molecule has 2 aromatic carbocycles. The van der Waals surface area contributed by atoms with Crippen LogP contribution in [0.4, 0.5) is 0 Å². The second-order valence-corrected chi connectivity index (χ2v) is 6.41. The first-order valence-corrected chi connectivity index (χ1v) is 7.96. The summed E-state index contributed by atoms with van der Waals surface area (Å²) in [6.45, 7) is 0.430. The standard InChI is InChI=1S/C15H12ClIN2OS/c16-11-5-6-13(17)12(7-11)15(20)19-8-9-1-3-10(4-2-9)14(18)21/h1-7H,8H2,(H2,18,21)(H,19,20). The molecular formula is C15H12ClIN2OS. The summed E-state index contributed by atoms with van der Waals surface area (Å²) in [6.07, 6.45) is 0. The maximum Gasteiger partial charge on any atom is 0.252 e. The van der Waals surface area contributed by atoms with Crippen LogP contribution in [0.15, 0.2) is 42.5 Å². The lowest BCUT2D eigenvalue weighted by atomic mass is 10.1. The zero-order valence-corrected chi connectivity index (χ0v) is 14.6. The quantitative estimate of drug-likeness (QED) is 0.576. The van der Waals surface area contributed by atoms with Crippen LogP contribution in [0, 0.1) is 3.57 Å². The molecule has 1 amide bonds. The number of carbonyl (C=O) groups excluding carboxylic acids is 1. The summed E-state index contributed by atoms with van der Waals surface area (Å²) >= 11 is 12.9. The highest BCUT2D eigenvalue weighted by atomic mass is 127. The lowest BCUT2D eigenvalue weighted by Gasteiger charge is -2.08. The van der Waals surface area contributed by atoms with Gasteiger partial charge in [0.05, 0.1) is 5.56 Å². The molecule has 0 saturated heterocycles. The minimum absolute atomic E-state index is 0.152. The molecule has 0 aromatic heterocycles. The summed E-state index contributed by atoms with van der Waals surface area (Å²) in [5.41, 5.74) is 7.90. The number of thiocarbonyl (C=S) groups is 1. The third-order valence-corrected chi connectivity index (χ3v) is 4.28. The average molecular weight is 431 g/mol. The van der Waals surface area contributed by atoms with Gasteiger partial charge in [0.2, 0.25) is 0 Å². The van der Waals surface area contributed by atoms with Gasteiger partial charge in [0.15, 0.2) is 0 Å². The second kappa shape index (κ2) is 7.20. The van der Waals surface area contributed by atoms with E-state index in [2.05, 4.69) is 27.9 Å². The third-order valence-electron chi connectivity index (χ3n) is 2.86. The molecule has 0 heterocycles. The summed E-state index contributed by atoms with van der Waals surface area (Å²) in [5.74, 6) is -0.152. The molecule has 0 spiro atoms. The SMILES string of the molecule is NC(=S)c1ccc(CNC(=O)c2cc(Cl)ccc2I)cc1. The van der Waals surface area contributed by atoms with E-state index in [-0.39, 0.29) is 5.91 Å². The largest absolute Gasteiger partial charge is 0.389 e. The Morgan fingerprint density at radius 2 is 1.90 bits per heavy atom. The summed E-state index contributed by atoms with van der Waals surface area (Å²) in [7, 11) is 0. The number of halogens is 2. The van der Waals surface area contributed by atoms with E-state index < -0.39 is 0 Å².